The highest BCUT2D eigenvalue weighted by atomic mass is 16.5. The fourth-order valence-corrected chi connectivity index (χ4v) is 10.5. The third-order valence-corrected chi connectivity index (χ3v) is 16.5. The highest BCUT2D eigenvalue weighted by Crippen LogP contribution is 2.26. The van der Waals surface area contributed by atoms with Gasteiger partial charge in [-0.3, -0.25) is 52.7 Å². The van der Waals surface area contributed by atoms with Crippen LogP contribution in [-0.2, 0) is 57.5 Å². The van der Waals surface area contributed by atoms with Crippen molar-refractivity contribution in [3.8, 4) is 12.3 Å². The van der Waals surface area contributed by atoms with Crippen molar-refractivity contribution >= 4 is 65.0 Å². The first-order chi connectivity index (χ1) is 38.0. The molecule has 0 aromatic carbocycles. The van der Waals surface area contributed by atoms with Gasteiger partial charge in [0.1, 0.15) is 54.4 Å². The van der Waals surface area contributed by atoms with E-state index in [1.165, 1.54) is 61.6 Å². The Kier molecular flexibility index (Phi) is 28.0. The van der Waals surface area contributed by atoms with Crippen LogP contribution in [0.2, 0.25) is 0 Å². The van der Waals surface area contributed by atoms with E-state index in [4.69, 9.17) is 11.2 Å². The highest BCUT2D eigenvalue weighted by molar-refractivity contribution is 5.99. The van der Waals surface area contributed by atoms with Crippen molar-refractivity contribution in [1.29, 1.82) is 0 Å². The number of unbranched alkanes of at least 4 members (excludes halogenated alkanes) is 1. The Balaban J connectivity index is 2.85. The number of hydrogen-bond acceptors (Lipinski definition) is 12. The molecule has 0 saturated carbocycles. The molecule has 0 radical (unpaired) electrons. The van der Waals surface area contributed by atoms with Crippen LogP contribution >= 0.6 is 0 Å². The zero-order valence-electron chi connectivity index (χ0n) is 53.1. The van der Waals surface area contributed by atoms with E-state index in [2.05, 4.69) is 32.5 Å². The molecule has 2 rings (SSSR count). The summed E-state index contributed by atoms with van der Waals surface area (Å²) in [6.07, 6.45) is 6.29. The zero-order valence-corrected chi connectivity index (χ0v) is 53.1. The molecule has 0 aromatic rings. The van der Waals surface area contributed by atoms with Crippen molar-refractivity contribution in [2.24, 2.45) is 47.3 Å². The summed E-state index contributed by atoms with van der Waals surface area (Å²) in [7, 11) is 5.73. The molecular formula is C60H102N10O12. The average Bonchev–Trinajstić information content (AvgIpc) is 4.10. The monoisotopic (exact) mass is 1150 g/mol. The molecule has 13 atom stereocenters. The summed E-state index contributed by atoms with van der Waals surface area (Å²) in [6, 6.07) is -11.2. The van der Waals surface area contributed by atoms with E-state index >= 15 is 0 Å². The third-order valence-electron chi connectivity index (χ3n) is 16.5. The lowest BCUT2D eigenvalue weighted by molar-refractivity contribution is -0.164. The first-order valence-electron chi connectivity index (χ1n) is 29.5. The maximum absolute atomic E-state index is 14.8. The van der Waals surface area contributed by atoms with Crippen LogP contribution < -0.4 is 26.6 Å². The van der Waals surface area contributed by atoms with Gasteiger partial charge in [0.15, 0.2) is 6.10 Å². The van der Waals surface area contributed by atoms with Gasteiger partial charge in [0.25, 0.3) is 5.91 Å². The molecule has 0 unspecified atom stereocenters. The van der Waals surface area contributed by atoms with E-state index < -0.39 is 179 Å². The molecule has 2 saturated heterocycles. The fraction of sp³-hybridized carbons (Fsp3) is 0.783. The summed E-state index contributed by atoms with van der Waals surface area (Å²) in [4.78, 5) is 165. The zero-order chi connectivity index (χ0) is 63.1. The molecule has 10 amide bonds. The van der Waals surface area contributed by atoms with Gasteiger partial charge in [-0.05, 0) is 87.9 Å². The number of fused-ring (bicyclic) bond motifs is 1. The van der Waals surface area contributed by atoms with Gasteiger partial charge in [0.2, 0.25) is 53.2 Å². The van der Waals surface area contributed by atoms with Gasteiger partial charge in [-0.1, -0.05) is 103 Å². The third kappa shape index (κ3) is 18.1. The molecule has 2 fully saturated rings. The minimum Gasteiger partial charge on any atom is -0.452 e. The molecule has 5 N–H and O–H groups in total. The number of cyclic esters (lactones) is 1. The second-order valence-corrected chi connectivity index (χ2v) is 24.9. The molecule has 0 aromatic heterocycles. The average molecular weight is 1160 g/mol. The smallest absolute Gasteiger partial charge is 0.311 e. The number of carbonyl (C=O) groups excluding carboxylic acids is 11. The number of esters is 1. The van der Waals surface area contributed by atoms with Crippen LogP contribution in [0.25, 0.3) is 0 Å². The van der Waals surface area contributed by atoms with Gasteiger partial charge >= 0.3 is 5.97 Å². The number of ether oxygens (including phenoxy) is 1. The Hall–Kier alpha value is -6.27. The predicted molar refractivity (Wildman–Crippen MR) is 312 cm³/mol. The second-order valence-electron chi connectivity index (χ2n) is 24.9. The Morgan fingerprint density at radius 1 is 0.512 bits per heavy atom. The minimum atomic E-state index is -1.42. The van der Waals surface area contributed by atoms with E-state index in [9.17, 15) is 52.7 Å². The SMILES string of the molecule is C#CCCC[C@H]1NC(=O)[C@H](C(C)C)N(C)C(=O)[C@H](C(C)C)NC(=O)[C@@H](C)N(C)C(=O)[C@@H]2CCCN2C(=O)[C@H]([C@@H](C)CC)NC(=O)[C@H](C(C)C)N(C)C(=O)[C@H](C(C)C)NC(=O)[C@H](C)N(C)C(=O)[C@H](C(C)C)NC(=O)[C@H](C(C)C)OC(=O)[C@H]1C. The van der Waals surface area contributed by atoms with Crippen molar-refractivity contribution in [3.05, 3.63) is 0 Å². The van der Waals surface area contributed by atoms with Crippen molar-refractivity contribution in [3.63, 3.8) is 0 Å². The lowest BCUT2D eigenvalue weighted by atomic mass is 9.93. The van der Waals surface area contributed by atoms with Crippen LogP contribution in [0, 0.1) is 59.7 Å². The number of rotatable bonds is 11. The van der Waals surface area contributed by atoms with Gasteiger partial charge in [-0.15, -0.1) is 12.3 Å². The molecule has 2 aliphatic rings. The van der Waals surface area contributed by atoms with Crippen LogP contribution in [0.1, 0.15) is 156 Å². The number of amides is 10. The lowest BCUT2D eigenvalue weighted by Crippen LogP contribution is -2.62. The maximum atomic E-state index is 14.8. The van der Waals surface area contributed by atoms with Gasteiger partial charge in [-0.2, -0.15) is 0 Å². The Labute approximate surface area is 489 Å². The first kappa shape index (κ1) is 71.8. The summed E-state index contributed by atoms with van der Waals surface area (Å²) < 4.78 is 5.93. The molecule has 2 aliphatic heterocycles. The van der Waals surface area contributed by atoms with Crippen LogP contribution in [0.5, 0.6) is 0 Å². The summed E-state index contributed by atoms with van der Waals surface area (Å²) in [5.74, 6) is -9.19. The topological polar surface area (TPSA) is 273 Å². The molecule has 22 nitrogen and oxygen atoms in total. The van der Waals surface area contributed by atoms with Crippen LogP contribution in [0.3, 0.4) is 0 Å². The molecule has 82 heavy (non-hydrogen) atoms. The summed E-state index contributed by atoms with van der Waals surface area (Å²) in [5, 5.41) is 14.3. The molecule has 0 bridgehead atoms. The molecular weight excluding hydrogens is 1050 g/mol. The maximum Gasteiger partial charge on any atom is 0.311 e. The first-order valence-corrected chi connectivity index (χ1v) is 29.5. The number of terminal acetylenes is 1. The summed E-state index contributed by atoms with van der Waals surface area (Å²) in [5.41, 5.74) is 0. The van der Waals surface area contributed by atoms with Crippen molar-refractivity contribution in [2.45, 2.75) is 223 Å². The Bertz CT molecular complexity index is 2320. The van der Waals surface area contributed by atoms with Crippen molar-refractivity contribution in [1.82, 2.24) is 51.1 Å². The van der Waals surface area contributed by atoms with Crippen LogP contribution in [0.15, 0.2) is 0 Å². The van der Waals surface area contributed by atoms with Gasteiger partial charge in [0, 0.05) is 47.2 Å². The van der Waals surface area contributed by atoms with E-state index in [1.807, 2.05) is 6.92 Å². The summed E-state index contributed by atoms with van der Waals surface area (Å²) >= 11 is 0. The number of nitrogens with zero attached hydrogens (tertiary/aromatic N) is 5. The number of hydrogen-bond donors (Lipinski definition) is 5. The number of likely N-dealkylation sites (N-methyl/N-ethyl adjacent to an activating group) is 4. The largest absolute Gasteiger partial charge is 0.452 e. The second kappa shape index (κ2) is 32.0. The minimum absolute atomic E-state index is 0.189. The highest BCUT2D eigenvalue weighted by Gasteiger charge is 2.45. The molecule has 2 heterocycles. The molecule has 0 aliphatic carbocycles. The number of nitrogens with one attached hydrogen (secondary N) is 5. The molecule has 22 heteroatoms. The van der Waals surface area contributed by atoms with Crippen LogP contribution in [-0.4, -0.2) is 191 Å². The summed E-state index contributed by atoms with van der Waals surface area (Å²) in [6.45, 7) is 29.0. The van der Waals surface area contributed by atoms with Gasteiger partial charge < -0.3 is 55.8 Å². The lowest BCUT2D eigenvalue weighted by Gasteiger charge is -2.38. The standard InChI is InChI=1S/C60H102N10O12/c1-23-25-26-28-41-38(16)60(81)82-49(36(13)14)54(75)64-43(31(3)4)56(77)67(20)40(18)51(72)63-45(33(7)8)58(79)69(22)48(35(11)12)53(74)65-46(37(15)24-2)59(80)70-30-27-29-42(70)55(76)66(19)39(17)50(71)62-44(32(5)6)57(78)68(21)47(34(9)10)52(73)61-41/h1,31-49H,24-30H2,2-22H3,(H,61,73)(H,62,71)(H,63,72)(H,64,75)(H,65,74)/t37-,38-,39+,40-,41+,42-,43-,44-,45-,46-,47-,48-,49-/m0/s1. The van der Waals surface area contributed by atoms with Gasteiger partial charge in [0.05, 0.1) is 5.92 Å². The normalized spacial score (nSPS) is 29.2. The number of carbonyl (C=O) groups is 11. The Morgan fingerprint density at radius 2 is 0.915 bits per heavy atom. The molecule has 464 valence electrons. The van der Waals surface area contributed by atoms with Crippen molar-refractivity contribution in [2.75, 3.05) is 34.7 Å². The fourth-order valence-electron chi connectivity index (χ4n) is 10.5. The predicted octanol–water partition coefficient (Wildman–Crippen LogP) is 3.10. The quantitative estimate of drug-likeness (QED) is 0.114. The van der Waals surface area contributed by atoms with E-state index in [1.54, 1.807) is 96.9 Å². The van der Waals surface area contributed by atoms with E-state index in [-0.39, 0.29) is 19.4 Å². The van der Waals surface area contributed by atoms with Crippen LogP contribution in [0.4, 0.5) is 0 Å². The van der Waals surface area contributed by atoms with E-state index in [0.29, 0.717) is 25.7 Å². The van der Waals surface area contributed by atoms with Crippen molar-refractivity contribution < 1.29 is 57.5 Å². The van der Waals surface area contributed by atoms with Gasteiger partial charge in [-0.25, -0.2) is 0 Å². The van der Waals surface area contributed by atoms with E-state index in [0.717, 1.165) is 4.90 Å². The Morgan fingerprint density at radius 3 is 1.32 bits per heavy atom. The molecule has 0 spiro atoms.